The van der Waals surface area contributed by atoms with Gasteiger partial charge in [0, 0.05) is 18.5 Å². The number of tetrazole rings is 1. The van der Waals surface area contributed by atoms with Gasteiger partial charge in [-0.05, 0) is 93.0 Å². The standard InChI is InChI=1S/C57H58N6O4/c1-3-21-51(64)53(58-56(55(66)67-2)38-20-39-62(56)52(65)40-44-24-16-17-31-48(44)41-22-8-4-9-23-41)43-36-34-42(35-37-43)49-32-18-19-33-50(49)54-59-60-61-63(54)57(45-25-10-5-11-26-45,46-27-12-6-13-28-46)47-29-14-7-15-30-47/h5-7,10-19,24-37,41,53,58H,3-4,8-9,20-23,38-40H2,1-2H3/t53-,56-/m0/s1. The summed E-state index contributed by atoms with van der Waals surface area (Å²) in [6.07, 6.45) is 7.84. The third kappa shape index (κ3) is 8.74. The SMILES string of the molecule is CCCC(=O)[C@@H](N[C@@]1(C(=O)OC)CCCN1C(=O)Cc1ccccc1C1CCCCC1)c1ccc(-c2ccccc2-c2nnnn2C(c2ccccc2)(c2ccccc2)c2ccccc2)cc1. The van der Waals surface area contributed by atoms with Crippen molar-refractivity contribution in [3.8, 4) is 22.5 Å². The number of ether oxygens (including phenoxy) is 1. The van der Waals surface area contributed by atoms with Gasteiger partial charge < -0.3 is 9.64 Å². The van der Waals surface area contributed by atoms with Crippen molar-refractivity contribution in [3.05, 3.63) is 197 Å². The van der Waals surface area contributed by atoms with Crippen LogP contribution >= 0.6 is 0 Å². The van der Waals surface area contributed by atoms with E-state index < -0.39 is 23.2 Å². The van der Waals surface area contributed by atoms with Gasteiger partial charge >= 0.3 is 5.97 Å². The van der Waals surface area contributed by atoms with Crippen LogP contribution in [-0.2, 0) is 31.1 Å². The summed E-state index contributed by atoms with van der Waals surface area (Å²) in [6.45, 7) is 2.34. The Kier molecular flexibility index (Phi) is 13.6. The first kappa shape index (κ1) is 45.1. The number of nitrogens with one attached hydrogen (secondary N) is 1. The zero-order chi connectivity index (χ0) is 46.2. The molecule has 0 bridgehead atoms. The Labute approximate surface area is 393 Å². The van der Waals surface area contributed by atoms with E-state index in [0.717, 1.165) is 51.8 Å². The zero-order valence-electron chi connectivity index (χ0n) is 38.4. The smallest absolute Gasteiger partial charge is 0.347 e. The van der Waals surface area contributed by atoms with Crippen LogP contribution in [0.1, 0.15) is 110 Å². The van der Waals surface area contributed by atoms with E-state index in [-0.39, 0.29) is 24.5 Å². The molecule has 6 aromatic carbocycles. The lowest BCUT2D eigenvalue weighted by Crippen LogP contribution is -2.64. The molecule has 2 atom stereocenters. The van der Waals surface area contributed by atoms with Crippen molar-refractivity contribution < 1.29 is 19.1 Å². The quantitative estimate of drug-likeness (QED) is 0.0753. The van der Waals surface area contributed by atoms with Crippen LogP contribution < -0.4 is 5.32 Å². The average Bonchev–Trinajstić information content (AvgIpc) is 4.06. The number of Topliss-reactive ketones (excluding diaryl/α,β-unsaturated/α-hetero) is 1. The molecule has 0 radical (unpaired) electrons. The van der Waals surface area contributed by atoms with Gasteiger partial charge in [0.1, 0.15) is 5.54 Å². The summed E-state index contributed by atoms with van der Waals surface area (Å²) in [4.78, 5) is 44.6. The zero-order valence-corrected chi connectivity index (χ0v) is 38.4. The van der Waals surface area contributed by atoms with E-state index in [1.165, 1.54) is 31.9 Å². The molecule has 0 unspecified atom stereocenters. The van der Waals surface area contributed by atoms with Crippen LogP contribution in [0.15, 0.2) is 164 Å². The highest BCUT2D eigenvalue weighted by atomic mass is 16.5. The normalized spacial score (nSPS) is 17.0. The van der Waals surface area contributed by atoms with Crippen molar-refractivity contribution in [1.82, 2.24) is 30.4 Å². The van der Waals surface area contributed by atoms with E-state index >= 15 is 0 Å². The Hall–Kier alpha value is -7.04. The van der Waals surface area contributed by atoms with Gasteiger partial charge in [-0.3, -0.25) is 14.9 Å². The Morgan fingerprint density at radius 2 is 1.30 bits per heavy atom. The molecule has 1 N–H and O–H groups in total. The number of esters is 1. The monoisotopic (exact) mass is 890 g/mol. The van der Waals surface area contributed by atoms with Crippen molar-refractivity contribution in [3.63, 3.8) is 0 Å². The minimum atomic E-state index is -1.52. The topological polar surface area (TPSA) is 119 Å². The first-order valence-electron chi connectivity index (χ1n) is 23.8. The fourth-order valence-electron chi connectivity index (χ4n) is 10.8. The van der Waals surface area contributed by atoms with Crippen LogP contribution in [0.5, 0.6) is 0 Å². The number of methoxy groups -OCH3 is 1. The predicted octanol–water partition coefficient (Wildman–Crippen LogP) is 10.6. The Bertz CT molecular complexity index is 2690. The second-order valence-electron chi connectivity index (χ2n) is 17.9. The Morgan fingerprint density at radius 1 is 0.716 bits per heavy atom. The minimum Gasteiger partial charge on any atom is -0.466 e. The highest BCUT2D eigenvalue weighted by Crippen LogP contribution is 2.44. The van der Waals surface area contributed by atoms with E-state index in [4.69, 9.17) is 15.0 Å². The van der Waals surface area contributed by atoms with Gasteiger partial charge in [-0.1, -0.05) is 190 Å². The highest BCUT2D eigenvalue weighted by molar-refractivity contribution is 5.92. The van der Waals surface area contributed by atoms with Crippen molar-refractivity contribution >= 4 is 17.7 Å². The highest BCUT2D eigenvalue weighted by Gasteiger charge is 2.53. The fraction of sp³-hybridized carbons (Fsp3) is 0.298. The third-order valence-electron chi connectivity index (χ3n) is 13.9. The second-order valence-corrected chi connectivity index (χ2v) is 17.9. The molecule has 0 spiro atoms. The Balaban J connectivity index is 1.07. The predicted molar refractivity (Wildman–Crippen MR) is 261 cm³/mol. The summed E-state index contributed by atoms with van der Waals surface area (Å²) in [7, 11) is 1.35. The maximum absolute atomic E-state index is 14.5. The number of amides is 1. The maximum atomic E-state index is 14.5. The Morgan fingerprint density at radius 3 is 1.91 bits per heavy atom. The summed E-state index contributed by atoms with van der Waals surface area (Å²) in [5, 5.41) is 17.4. The molecule has 1 saturated heterocycles. The molecule has 10 heteroatoms. The molecule has 1 saturated carbocycles. The summed E-state index contributed by atoms with van der Waals surface area (Å²) >= 11 is 0. The number of rotatable bonds is 16. The van der Waals surface area contributed by atoms with Gasteiger partial charge in [0.05, 0.1) is 19.6 Å². The molecular weight excluding hydrogens is 833 g/mol. The van der Waals surface area contributed by atoms with Crippen molar-refractivity contribution in [2.24, 2.45) is 0 Å². The van der Waals surface area contributed by atoms with Crippen molar-refractivity contribution in [2.45, 2.75) is 94.3 Å². The molecule has 9 rings (SSSR count). The van der Waals surface area contributed by atoms with Gasteiger partial charge in [-0.25, -0.2) is 9.48 Å². The summed E-state index contributed by atoms with van der Waals surface area (Å²) in [6, 6.07) is 54.2. The van der Waals surface area contributed by atoms with Gasteiger partial charge in [0.15, 0.2) is 17.3 Å². The lowest BCUT2D eigenvalue weighted by atomic mass is 9.77. The molecule has 1 amide bonds. The molecule has 2 fully saturated rings. The molecule has 340 valence electrons. The van der Waals surface area contributed by atoms with Crippen LogP contribution in [0.2, 0.25) is 0 Å². The molecule has 1 aromatic heterocycles. The van der Waals surface area contributed by atoms with Crippen LogP contribution in [-0.4, -0.2) is 62.1 Å². The molecule has 7 aromatic rings. The van der Waals surface area contributed by atoms with Crippen LogP contribution in [0.25, 0.3) is 22.5 Å². The van der Waals surface area contributed by atoms with E-state index in [9.17, 15) is 14.4 Å². The molecule has 2 heterocycles. The molecule has 10 nitrogen and oxygen atoms in total. The third-order valence-corrected chi connectivity index (χ3v) is 13.9. The van der Waals surface area contributed by atoms with E-state index in [2.05, 4.69) is 65.1 Å². The molecular formula is C57H58N6O4. The number of aromatic nitrogens is 4. The van der Waals surface area contributed by atoms with Crippen molar-refractivity contribution in [1.29, 1.82) is 0 Å². The maximum Gasteiger partial charge on any atom is 0.347 e. The van der Waals surface area contributed by atoms with E-state index in [1.54, 1.807) is 4.90 Å². The first-order chi connectivity index (χ1) is 32.9. The second kappa shape index (κ2) is 20.2. The van der Waals surface area contributed by atoms with Gasteiger partial charge in [0.25, 0.3) is 0 Å². The minimum absolute atomic E-state index is 0.0703. The van der Waals surface area contributed by atoms with Crippen LogP contribution in [0.3, 0.4) is 0 Å². The number of benzene rings is 6. The average molecular weight is 891 g/mol. The number of carbonyl (C=O) groups is 3. The summed E-state index contributed by atoms with van der Waals surface area (Å²) in [5.41, 5.74) is 6.03. The molecule has 67 heavy (non-hydrogen) atoms. The lowest BCUT2D eigenvalue weighted by Gasteiger charge is -2.39. The van der Waals surface area contributed by atoms with Gasteiger partial charge in [-0.15, -0.1) is 5.10 Å². The summed E-state index contributed by atoms with van der Waals surface area (Å²) in [5.74, 6) is 0.187. The van der Waals surface area contributed by atoms with Crippen molar-refractivity contribution in [2.75, 3.05) is 13.7 Å². The fourth-order valence-corrected chi connectivity index (χ4v) is 10.8. The number of likely N-dealkylation sites (tertiary alicyclic amines) is 1. The molecule has 1 aliphatic heterocycles. The van der Waals surface area contributed by atoms with Crippen LogP contribution in [0.4, 0.5) is 0 Å². The lowest BCUT2D eigenvalue weighted by molar-refractivity contribution is -0.163. The van der Waals surface area contributed by atoms with E-state index in [1.807, 2.05) is 121 Å². The summed E-state index contributed by atoms with van der Waals surface area (Å²) < 4.78 is 7.41. The van der Waals surface area contributed by atoms with Gasteiger partial charge in [0.2, 0.25) is 5.91 Å². The molecule has 1 aliphatic carbocycles. The van der Waals surface area contributed by atoms with Gasteiger partial charge in [-0.2, -0.15) is 0 Å². The first-order valence-corrected chi connectivity index (χ1v) is 23.8. The molecule has 2 aliphatic rings. The number of hydrogen-bond donors (Lipinski definition) is 1. The number of nitrogens with zero attached hydrogens (tertiary/aromatic N) is 5. The number of carbonyl (C=O) groups excluding carboxylic acids is 3. The van der Waals surface area contributed by atoms with Crippen LogP contribution in [0, 0.1) is 0 Å². The van der Waals surface area contributed by atoms with E-state index in [0.29, 0.717) is 43.1 Å². The number of hydrogen-bond acceptors (Lipinski definition) is 8. The number of ketones is 1. The largest absolute Gasteiger partial charge is 0.466 e.